The van der Waals surface area contributed by atoms with E-state index in [9.17, 15) is 0 Å². The maximum atomic E-state index is 5.44. The molecule has 0 radical (unpaired) electrons. The molecular weight excluding hydrogens is 350 g/mol. The summed E-state index contributed by atoms with van der Waals surface area (Å²) >= 11 is 0. The lowest BCUT2D eigenvalue weighted by Gasteiger charge is -2.31. The first-order valence-electron chi connectivity index (χ1n) is 10.4. The zero-order chi connectivity index (χ0) is 19.2. The van der Waals surface area contributed by atoms with Gasteiger partial charge in [-0.3, -0.25) is 9.80 Å². The van der Waals surface area contributed by atoms with Gasteiger partial charge in [0.05, 0.1) is 19.8 Å². The van der Waals surface area contributed by atoms with Crippen molar-refractivity contribution in [3.05, 3.63) is 53.6 Å². The highest BCUT2D eigenvalue weighted by Gasteiger charge is 2.26. The molecule has 4 rings (SSSR count). The molecule has 0 N–H and O–H groups in total. The number of hydrogen-bond acceptors (Lipinski definition) is 5. The van der Waals surface area contributed by atoms with Gasteiger partial charge in [-0.25, -0.2) is 0 Å². The predicted octanol–water partition coefficient (Wildman–Crippen LogP) is 2.54. The van der Waals surface area contributed by atoms with Crippen LogP contribution in [0.2, 0.25) is 0 Å². The van der Waals surface area contributed by atoms with Crippen molar-refractivity contribution in [2.45, 2.75) is 25.3 Å². The number of ether oxygens (including phenoxy) is 1. The lowest BCUT2D eigenvalue weighted by Crippen LogP contribution is -2.37. The van der Waals surface area contributed by atoms with Crippen LogP contribution in [0.4, 0.5) is 0 Å². The summed E-state index contributed by atoms with van der Waals surface area (Å²) in [5.74, 6) is 2.67. The van der Waals surface area contributed by atoms with Crippen LogP contribution in [-0.2, 0) is 18.3 Å². The van der Waals surface area contributed by atoms with Crippen LogP contribution < -0.4 is 0 Å². The predicted molar refractivity (Wildman–Crippen MR) is 111 cm³/mol. The molecule has 6 heteroatoms. The second-order valence-corrected chi connectivity index (χ2v) is 7.83. The van der Waals surface area contributed by atoms with Gasteiger partial charge < -0.3 is 9.30 Å². The van der Waals surface area contributed by atoms with Crippen LogP contribution in [-0.4, -0.2) is 70.5 Å². The number of rotatable bonds is 6. The van der Waals surface area contributed by atoms with Crippen LogP contribution in [0, 0.1) is 0 Å². The van der Waals surface area contributed by atoms with E-state index in [2.05, 4.69) is 74.1 Å². The molecule has 2 saturated heterocycles. The van der Waals surface area contributed by atoms with E-state index in [1.807, 2.05) is 0 Å². The normalized spacial score (nSPS) is 22.1. The molecule has 0 amide bonds. The smallest absolute Gasteiger partial charge is 0.146 e. The fraction of sp³-hybridized carbons (Fsp3) is 0.545. The van der Waals surface area contributed by atoms with E-state index >= 15 is 0 Å². The molecule has 3 heterocycles. The highest BCUT2D eigenvalue weighted by molar-refractivity contribution is 5.48. The van der Waals surface area contributed by atoms with Gasteiger partial charge in [-0.2, -0.15) is 0 Å². The van der Waals surface area contributed by atoms with Crippen molar-refractivity contribution < 1.29 is 4.74 Å². The Hall–Kier alpha value is -2.02. The highest BCUT2D eigenvalue weighted by atomic mass is 16.5. The van der Waals surface area contributed by atoms with Gasteiger partial charge in [0.1, 0.15) is 11.6 Å². The number of morpholine rings is 1. The van der Waals surface area contributed by atoms with E-state index in [0.717, 1.165) is 64.1 Å². The molecule has 0 spiro atoms. The summed E-state index contributed by atoms with van der Waals surface area (Å²) in [5, 5.41) is 9.09. The maximum absolute atomic E-state index is 5.44. The molecule has 1 unspecified atom stereocenters. The minimum atomic E-state index is 0.467. The van der Waals surface area contributed by atoms with Gasteiger partial charge in [-0.05, 0) is 24.9 Å². The quantitative estimate of drug-likeness (QED) is 0.770. The highest BCUT2D eigenvalue weighted by Crippen LogP contribution is 2.26. The molecule has 2 aromatic rings. The molecule has 1 atom stereocenters. The third kappa shape index (κ3) is 4.87. The Morgan fingerprint density at radius 3 is 2.71 bits per heavy atom. The first-order valence-corrected chi connectivity index (χ1v) is 10.4. The van der Waals surface area contributed by atoms with Crippen LogP contribution >= 0.6 is 0 Å². The van der Waals surface area contributed by atoms with Gasteiger partial charge in [-0.1, -0.05) is 42.5 Å². The Labute approximate surface area is 167 Å². The molecule has 0 saturated carbocycles. The molecule has 2 aliphatic rings. The van der Waals surface area contributed by atoms with E-state index in [0.29, 0.717) is 5.92 Å². The molecule has 2 fully saturated rings. The van der Waals surface area contributed by atoms with Gasteiger partial charge >= 0.3 is 0 Å². The van der Waals surface area contributed by atoms with E-state index in [4.69, 9.17) is 4.74 Å². The molecule has 0 aliphatic carbocycles. The van der Waals surface area contributed by atoms with E-state index in [-0.39, 0.29) is 0 Å². The zero-order valence-corrected chi connectivity index (χ0v) is 16.8. The summed E-state index contributed by atoms with van der Waals surface area (Å²) in [6.45, 7) is 7.67. The van der Waals surface area contributed by atoms with Crippen LogP contribution in [0.25, 0.3) is 6.08 Å². The van der Waals surface area contributed by atoms with Crippen molar-refractivity contribution in [2.75, 3.05) is 45.9 Å². The maximum Gasteiger partial charge on any atom is 0.146 e. The summed E-state index contributed by atoms with van der Waals surface area (Å²) < 4.78 is 7.67. The molecule has 2 aliphatic heterocycles. The van der Waals surface area contributed by atoms with Crippen molar-refractivity contribution in [3.8, 4) is 0 Å². The second-order valence-electron chi connectivity index (χ2n) is 7.83. The molecule has 0 bridgehead atoms. The zero-order valence-electron chi connectivity index (χ0n) is 16.8. The van der Waals surface area contributed by atoms with Gasteiger partial charge in [-0.15, -0.1) is 10.2 Å². The topological polar surface area (TPSA) is 46.4 Å². The van der Waals surface area contributed by atoms with E-state index < -0.39 is 0 Å². The monoisotopic (exact) mass is 381 g/mol. The van der Waals surface area contributed by atoms with Crippen LogP contribution in [0.1, 0.15) is 36.0 Å². The summed E-state index contributed by atoms with van der Waals surface area (Å²) in [6.07, 6.45) is 6.91. The average Bonchev–Trinajstić information content (AvgIpc) is 3.10. The van der Waals surface area contributed by atoms with Gasteiger partial charge in [0.25, 0.3) is 0 Å². The molecule has 1 aromatic heterocycles. The van der Waals surface area contributed by atoms with Gasteiger partial charge in [0.2, 0.25) is 0 Å². The van der Waals surface area contributed by atoms with Crippen molar-refractivity contribution >= 4 is 6.08 Å². The molecule has 6 nitrogen and oxygen atoms in total. The van der Waals surface area contributed by atoms with E-state index in [1.54, 1.807) is 0 Å². The third-order valence-corrected chi connectivity index (χ3v) is 5.81. The number of benzene rings is 1. The fourth-order valence-corrected chi connectivity index (χ4v) is 4.16. The lowest BCUT2D eigenvalue weighted by molar-refractivity contribution is 0.0326. The van der Waals surface area contributed by atoms with Crippen molar-refractivity contribution in [1.29, 1.82) is 0 Å². The fourth-order valence-electron chi connectivity index (χ4n) is 4.16. The van der Waals surface area contributed by atoms with Crippen molar-refractivity contribution in [3.63, 3.8) is 0 Å². The number of nitrogens with zero attached hydrogens (tertiary/aromatic N) is 5. The Morgan fingerprint density at radius 1 is 1.07 bits per heavy atom. The molecule has 1 aromatic carbocycles. The van der Waals surface area contributed by atoms with Crippen molar-refractivity contribution in [1.82, 2.24) is 24.6 Å². The Kier molecular flexibility index (Phi) is 6.52. The largest absolute Gasteiger partial charge is 0.379 e. The molecule has 150 valence electrons. The first kappa shape index (κ1) is 19.3. The SMILES string of the molecule is Cn1c(CN2CCOCC2)nnc1C1CCCN(CC=Cc2ccccc2)C1. The Balaban J connectivity index is 1.34. The number of piperidine rings is 1. The summed E-state index contributed by atoms with van der Waals surface area (Å²) in [5.41, 5.74) is 1.26. The van der Waals surface area contributed by atoms with Crippen LogP contribution in [0.3, 0.4) is 0 Å². The molecule has 28 heavy (non-hydrogen) atoms. The van der Waals surface area contributed by atoms with Crippen LogP contribution in [0.5, 0.6) is 0 Å². The minimum absolute atomic E-state index is 0.467. The lowest BCUT2D eigenvalue weighted by atomic mass is 9.97. The average molecular weight is 382 g/mol. The minimum Gasteiger partial charge on any atom is -0.379 e. The third-order valence-electron chi connectivity index (χ3n) is 5.81. The van der Waals surface area contributed by atoms with E-state index in [1.165, 1.54) is 18.4 Å². The summed E-state index contributed by atoms with van der Waals surface area (Å²) in [6, 6.07) is 10.5. The summed E-state index contributed by atoms with van der Waals surface area (Å²) in [4.78, 5) is 4.93. The van der Waals surface area contributed by atoms with Crippen LogP contribution in [0.15, 0.2) is 36.4 Å². The Bertz CT molecular complexity index is 766. The number of likely N-dealkylation sites (tertiary alicyclic amines) is 1. The second kappa shape index (κ2) is 9.45. The molecular formula is C22H31N5O. The number of hydrogen-bond donors (Lipinski definition) is 0. The number of aromatic nitrogens is 3. The van der Waals surface area contributed by atoms with Crippen molar-refractivity contribution in [2.24, 2.45) is 7.05 Å². The van der Waals surface area contributed by atoms with Gasteiger partial charge in [0, 0.05) is 39.1 Å². The standard InChI is InChI=1S/C22H31N5O/c1-25-21(18-27-13-15-28-16-14-27)23-24-22(25)20-10-6-12-26(17-20)11-5-9-19-7-3-2-4-8-19/h2-5,7-9,20H,6,10-18H2,1H3. The summed E-state index contributed by atoms with van der Waals surface area (Å²) in [7, 11) is 2.12. The first-order chi connectivity index (χ1) is 13.8. The van der Waals surface area contributed by atoms with Gasteiger partial charge in [0.15, 0.2) is 0 Å². The Morgan fingerprint density at radius 2 is 1.89 bits per heavy atom.